The number of imide groups is 1. The number of nitrogens with zero attached hydrogens (tertiary/aromatic N) is 2. The van der Waals surface area contributed by atoms with Crippen LogP contribution in [0.15, 0.2) is 47.8 Å². The molecule has 1 aromatic carbocycles. The highest BCUT2D eigenvalue weighted by Gasteiger charge is 2.55. The number of hydrogen-bond acceptors (Lipinski definition) is 6. The molecule has 180 valence electrons. The maximum Gasteiger partial charge on any atom is 0.237 e. The Morgan fingerprint density at radius 2 is 1.82 bits per heavy atom. The zero-order valence-corrected chi connectivity index (χ0v) is 20.6. The third-order valence-electron chi connectivity index (χ3n) is 7.36. The van der Waals surface area contributed by atoms with Crippen molar-refractivity contribution < 1.29 is 19.1 Å². The van der Waals surface area contributed by atoms with Crippen molar-refractivity contribution in [2.75, 3.05) is 34.4 Å². The van der Waals surface area contributed by atoms with Crippen LogP contribution in [0.3, 0.4) is 0 Å². The Labute approximate surface area is 200 Å². The van der Waals surface area contributed by atoms with Crippen molar-refractivity contribution in [3.8, 4) is 11.5 Å². The van der Waals surface area contributed by atoms with Gasteiger partial charge in [0, 0.05) is 24.3 Å². The Balaban J connectivity index is 1.39. The predicted octanol–water partition coefficient (Wildman–Crippen LogP) is 3.67. The summed E-state index contributed by atoms with van der Waals surface area (Å²) in [6, 6.07) is 3.96. The smallest absolute Gasteiger partial charge is 0.237 e. The van der Waals surface area contributed by atoms with Gasteiger partial charge in [-0.25, -0.2) is 0 Å². The SMILES string of the molecule is COc1cc2cncc(CCN(C)CCCC34C=CC(C)=C(C)C3C(=O)NC4=O)c2cc1OC. The summed E-state index contributed by atoms with van der Waals surface area (Å²) in [7, 11) is 5.36. The second kappa shape index (κ2) is 9.58. The first-order chi connectivity index (χ1) is 16.3. The van der Waals surface area contributed by atoms with Gasteiger partial charge in [0.25, 0.3) is 0 Å². The Morgan fingerprint density at radius 3 is 2.56 bits per heavy atom. The number of pyridine rings is 1. The topological polar surface area (TPSA) is 80.8 Å². The lowest BCUT2D eigenvalue weighted by molar-refractivity contribution is -0.127. The summed E-state index contributed by atoms with van der Waals surface area (Å²) in [5.41, 5.74) is 2.46. The Bertz CT molecular complexity index is 1190. The van der Waals surface area contributed by atoms with Crippen LogP contribution in [0.1, 0.15) is 32.3 Å². The third-order valence-corrected chi connectivity index (χ3v) is 7.36. The summed E-state index contributed by atoms with van der Waals surface area (Å²) in [6.45, 7) is 5.64. The average Bonchev–Trinajstić information content (AvgIpc) is 3.08. The molecule has 2 aromatic rings. The van der Waals surface area contributed by atoms with Crippen LogP contribution in [0.2, 0.25) is 0 Å². The number of ether oxygens (including phenoxy) is 2. The number of carbonyl (C=O) groups excluding carboxylic acids is 2. The van der Waals surface area contributed by atoms with Crippen molar-refractivity contribution in [1.82, 2.24) is 15.2 Å². The first-order valence-electron chi connectivity index (χ1n) is 11.7. The van der Waals surface area contributed by atoms with Crippen molar-refractivity contribution in [2.45, 2.75) is 33.1 Å². The summed E-state index contributed by atoms with van der Waals surface area (Å²) >= 11 is 0. The van der Waals surface area contributed by atoms with E-state index in [2.05, 4.69) is 22.2 Å². The second-order valence-electron chi connectivity index (χ2n) is 9.37. The summed E-state index contributed by atoms with van der Waals surface area (Å²) in [4.78, 5) is 31.9. The average molecular weight is 464 g/mol. The molecule has 2 unspecified atom stereocenters. The molecule has 7 heteroatoms. The van der Waals surface area contributed by atoms with Crippen LogP contribution < -0.4 is 14.8 Å². The molecule has 7 nitrogen and oxygen atoms in total. The van der Waals surface area contributed by atoms with E-state index in [1.54, 1.807) is 14.2 Å². The van der Waals surface area contributed by atoms with Crippen molar-refractivity contribution in [1.29, 1.82) is 0 Å². The highest BCUT2D eigenvalue weighted by atomic mass is 16.5. The molecule has 2 amide bonds. The van der Waals surface area contributed by atoms with Crippen molar-refractivity contribution >= 4 is 22.6 Å². The van der Waals surface area contributed by atoms with E-state index in [1.807, 2.05) is 50.5 Å². The van der Waals surface area contributed by atoms with E-state index in [0.29, 0.717) is 17.9 Å². The van der Waals surface area contributed by atoms with E-state index >= 15 is 0 Å². The molecule has 2 aliphatic rings. The molecule has 2 heterocycles. The van der Waals surface area contributed by atoms with Crippen LogP contribution >= 0.6 is 0 Å². The number of methoxy groups -OCH3 is 2. The molecular weight excluding hydrogens is 430 g/mol. The molecule has 0 bridgehead atoms. The van der Waals surface area contributed by atoms with Gasteiger partial charge < -0.3 is 14.4 Å². The third kappa shape index (κ3) is 4.20. The quantitative estimate of drug-likeness (QED) is 0.572. The maximum atomic E-state index is 12.8. The fraction of sp³-hybridized carbons (Fsp3) is 0.444. The number of hydrogen-bond donors (Lipinski definition) is 1. The summed E-state index contributed by atoms with van der Waals surface area (Å²) in [5, 5.41) is 4.69. The minimum Gasteiger partial charge on any atom is -0.493 e. The zero-order valence-electron chi connectivity index (χ0n) is 20.6. The number of rotatable bonds is 9. The molecule has 1 saturated heterocycles. The van der Waals surface area contributed by atoms with Gasteiger partial charge in [0.15, 0.2) is 11.5 Å². The minimum atomic E-state index is -0.753. The number of benzene rings is 1. The zero-order chi connectivity index (χ0) is 24.5. The van der Waals surface area contributed by atoms with Gasteiger partial charge in [-0.1, -0.05) is 23.3 Å². The van der Waals surface area contributed by atoms with Crippen molar-refractivity contribution in [2.24, 2.45) is 11.3 Å². The molecule has 4 rings (SSSR count). The molecular formula is C27H33N3O4. The maximum absolute atomic E-state index is 12.8. The van der Waals surface area contributed by atoms with Crippen LogP contribution in [0.5, 0.6) is 11.5 Å². The normalized spacial score (nSPS) is 21.9. The van der Waals surface area contributed by atoms with Crippen LogP contribution in [0.4, 0.5) is 0 Å². The summed E-state index contributed by atoms with van der Waals surface area (Å²) < 4.78 is 10.9. The minimum absolute atomic E-state index is 0.167. The van der Waals surface area contributed by atoms with Gasteiger partial charge in [0.2, 0.25) is 11.8 Å². The number of fused-ring (bicyclic) bond motifs is 2. The van der Waals surface area contributed by atoms with E-state index in [4.69, 9.17) is 9.47 Å². The highest BCUT2D eigenvalue weighted by Crippen LogP contribution is 2.47. The first-order valence-corrected chi connectivity index (χ1v) is 11.7. The number of nitrogens with one attached hydrogen (secondary N) is 1. The standard InChI is InChI=1S/C27H33N3O4/c1-17-7-10-27(24(18(17)2)25(31)29-26(27)32)9-6-11-30(3)12-8-19-15-28-16-20-13-22(33-4)23(34-5)14-21(19)20/h7,10,13-16,24H,6,8-9,11-12H2,1-5H3,(H,29,31,32). The Morgan fingerprint density at radius 1 is 1.09 bits per heavy atom. The van der Waals surface area contributed by atoms with Crippen LogP contribution in [0.25, 0.3) is 10.8 Å². The highest BCUT2D eigenvalue weighted by molar-refractivity contribution is 6.10. The monoisotopic (exact) mass is 463 g/mol. The molecule has 34 heavy (non-hydrogen) atoms. The number of aromatic nitrogens is 1. The molecule has 0 saturated carbocycles. The van der Waals surface area contributed by atoms with Gasteiger partial charge in [-0.2, -0.15) is 0 Å². The predicted molar refractivity (Wildman–Crippen MR) is 132 cm³/mol. The van der Waals surface area contributed by atoms with E-state index in [1.165, 1.54) is 0 Å². The lowest BCUT2D eigenvalue weighted by atomic mass is 9.67. The fourth-order valence-corrected chi connectivity index (χ4v) is 5.21. The number of likely N-dealkylation sites (N-methyl/N-ethyl adjacent to an activating group) is 1. The van der Waals surface area contributed by atoms with Gasteiger partial charge in [0.1, 0.15) is 0 Å². The molecule has 1 aliphatic carbocycles. The number of carbonyl (C=O) groups is 2. The molecule has 1 aliphatic heterocycles. The van der Waals surface area contributed by atoms with Crippen LogP contribution in [-0.4, -0.2) is 56.1 Å². The molecule has 2 atom stereocenters. The van der Waals surface area contributed by atoms with Gasteiger partial charge in [-0.3, -0.25) is 19.9 Å². The van der Waals surface area contributed by atoms with Crippen molar-refractivity contribution in [3.05, 3.63) is 53.4 Å². The van der Waals surface area contributed by atoms with E-state index in [-0.39, 0.29) is 17.7 Å². The lowest BCUT2D eigenvalue weighted by Gasteiger charge is -2.33. The number of amides is 2. The first kappa shape index (κ1) is 24.0. The second-order valence-corrected chi connectivity index (χ2v) is 9.37. The number of allylic oxidation sites excluding steroid dienone is 2. The van der Waals surface area contributed by atoms with Crippen molar-refractivity contribution in [3.63, 3.8) is 0 Å². The van der Waals surface area contributed by atoms with Gasteiger partial charge >= 0.3 is 0 Å². The molecule has 1 fully saturated rings. The molecule has 1 aromatic heterocycles. The Kier molecular flexibility index (Phi) is 6.75. The Hall–Kier alpha value is -3.19. The molecule has 0 spiro atoms. The van der Waals surface area contributed by atoms with Gasteiger partial charge in [-0.15, -0.1) is 0 Å². The largest absolute Gasteiger partial charge is 0.493 e. The molecule has 0 radical (unpaired) electrons. The fourth-order valence-electron chi connectivity index (χ4n) is 5.21. The molecule has 1 N–H and O–H groups in total. The van der Waals surface area contributed by atoms with Gasteiger partial charge in [-0.05, 0) is 69.8 Å². The lowest BCUT2D eigenvalue weighted by Crippen LogP contribution is -2.36. The summed E-state index contributed by atoms with van der Waals surface area (Å²) in [5.74, 6) is 0.669. The van der Waals surface area contributed by atoms with Gasteiger partial charge in [0.05, 0.1) is 25.6 Å². The van der Waals surface area contributed by atoms with E-state index in [0.717, 1.165) is 53.4 Å². The van der Waals surface area contributed by atoms with E-state index in [9.17, 15) is 9.59 Å². The summed E-state index contributed by atoms with van der Waals surface area (Å²) in [6.07, 6.45) is 9.99. The van der Waals surface area contributed by atoms with Crippen LogP contribution in [-0.2, 0) is 16.0 Å². The van der Waals surface area contributed by atoms with E-state index < -0.39 is 5.41 Å². The van der Waals surface area contributed by atoms with Crippen LogP contribution in [0, 0.1) is 11.3 Å².